The maximum absolute atomic E-state index is 13.5. The van der Waals surface area contributed by atoms with E-state index in [-0.39, 0.29) is 33.5 Å². The lowest BCUT2D eigenvalue weighted by molar-refractivity contribution is -0.151. The third kappa shape index (κ3) is 5.93. The number of allylic oxidation sites excluding steroid dienone is 2. The Morgan fingerprint density at radius 1 is 1.15 bits per heavy atom. The van der Waals surface area contributed by atoms with E-state index in [1.807, 2.05) is 19.2 Å². The standard InChI is InChI=1S/C29H31BrCl2N4O4/c1-36-12-9-19(16-36)40-28(39)22(35-25-24(30)26(37)29(25)10-3-2-4-11-29)13-17-5-7-18(8-6-17)34-27(38)23-20(31)14-33-15-21(23)32/h5-8,14-15,19,22,35H,2-4,9-13,16H2,1H3,(H,34,38). The predicted molar refractivity (Wildman–Crippen MR) is 158 cm³/mol. The van der Waals surface area contributed by atoms with E-state index in [0.29, 0.717) is 23.1 Å². The molecule has 2 heterocycles. The molecule has 1 aromatic carbocycles. The molecule has 1 aromatic heterocycles. The highest BCUT2D eigenvalue weighted by atomic mass is 79.9. The molecular formula is C29H31BrCl2N4O4. The molecule has 2 unspecified atom stereocenters. The summed E-state index contributed by atoms with van der Waals surface area (Å²) in [5.41, 5.74) is 1.86. The van der Waals surface area contributed by atoms with Gasteiger partial charge in [-0.1, -0.05) is 54.6 Å². The van der Waals surface area contributed by atoms with E-state index in [1.54, 1.807) is 12.1 Å². The Balaban J connectivity index is 1.32. The van der Waals surface area contributed by atoms with Crippen molar-refractivity contribution >= 4 is 62.5 Å². The van der Waals surface area contributed by atoms with Crippen LogP contribution in [0.25, 0.3) is 0 Å². The maximum Gasteiger partial charge on any atom is 0.329 e. The molecule has 1 aliphatic heterocycles. The van der Waals surface area contributed by atoms with E-state index < -0.39 is 17.4 Å². The molecule has 1 spiro atoms. The summed E-state index contributed by atoms with van der Waals surface area (Å²) in [6.07, 6.45) is 8.39. The summed E-state index contributed by atoms with van der Waals surface area (Å²) in [7, 11) is 2.01. The van der Waals surface area contributed by atoms with E-state index in [0.717, 1.165) is 56.3 Å². The number of likely N-dealkylation sites (tertiary alicyclic amines) is 1. The molecule has 40 heavy (non-hydrogen) atoms. The van der Waals surface area contributed by atoms with Gasteiger partial charge in [-0.15, -0.1) is 0 Å². The van der Waals surface area contributed by atoms with Gasteiger partial charge < -0.3 is 20.3 Å². The highest BCUT2D eigenvalue weighted by molar-refractivity contribution is 9.12. The lowest BCUT2D eigenvalue weighted by Gasteiger charge is -2.46. The van der Waals surface area contributed by atoms with Gasteiger partial charge in [0, 0.05) is 43.3 Å². The number of rotatable bonds is 8. The fourth-order valence-corrected chi connectivity index (χ4v) is 7.21. The van der Waals surface area contributed by atoms with Gasteiger partial charge in [0.05, 0.1) is 25.5 Å². The quantitative estimate of drug-likeness (QED) is 0.363. The topological polar surface area (TPSA) is 101 Å². The molecule has 3 aliphatic rings. The van der Waals surface area contributed by atoms with Crippen LogP contribution in [0.5, 0.6) is 0 Å². The van der Waals surface area contributed by atoms with Crippen molar-refractivity contribution in [1.82, 2.24) is 15.2 Å². The Bertz CT molecular complexity index is 1320. The predicted octanol–water partition coefficient (Wildman–Crippen LogP) is 5.53. The van der Waals surface area contributed by atoms with Crippen LogP contribution in [0.2, 0.25) is 10.0 Å². The molecule has 2 aromatic rings. The van der Waals surface area contributed by atoms with Gasteiger partial charge >= 0.3 is 5.97 Å². The van der Waals surface area contributed by atoms with Crippen LogP contribution in [-0.4, -0.2) is 59.8 Å². The first-order chi connectivity index (χ1) is 19.2. The largest absolute Gasteiger partial charge is 0.459 e. The van der Waals surface area contributed by atoms with Crippen LogP contribution in [0, 0.1) is 5.41 Å². The molecule has 1 amide bonds. The van der Waals surface area contributed by atoms with Gasteiger partial charge in [0.1, 0.15) is 12.1 Å². The van der Waals surface area contributed by atoms with Crippen molar-refractivity contribution in [3.8, 4) is 0 Å². The number of hydrogen-bond acceptors (Lipinski definition) is 7. The Labute approximate surface area is 252 Å². The van der Waals surface area contributed by atoms with E-state index >= 15 is 0 Å². The first-order valence-electron chi connectivity index (χ1n) is 13.5. The number of Topliss-reactive ketones (excluding diaryl/α,β-unsaturated/α-hetero) is 1. The molecule has 1 saturated carbocycles. The zero-order valence-corrected chi connectivity index (χ0v) is 25.2. The van der Waals surface area contributed by atoms with Crippen molar-refractivity contribution in [2.75, 3.05) is 25.5 Å². The minimum absolute atomic E-state index is 0.119. The second-order valence-electron chi connectivity index (χ2n) is 10.8. The van der Waals surface area contributed by atoms with Gasteiger partial charge in [-0.3, -0.25) is 14.6 Å². The summed E-state index contributed by atoms with van der Waals surface area (Å²) in [6.45, 7) is 1.58. The highest BCUT2D eigenvalue weighted by Crippen LogP contribution is 2.53. The summed E-state index contributed by atoms with van der Waals surface area (Å²) in [6, 6.07) is 6.55. The molecule has 2 fully saturated rings. The molecule has 0 radical (unpaired) electrons. The number of ether oxygens (including phenoxy) is 1. The van der Waals surface area contributed by atoms with E-state index in [4.69, 9.17) is 27.9 Å². The number of carbonyl (C=O) groups excluding carboxylic acids is 3. The third-order valence-corrected chi connectivity index (χ3v) is 9.34. The summed E-state index contributed by atoms with van der Waals surface area (Å²) < 4.78 is 6.45. The SMILES string of the molecule is CN1CCC(OC(=O)C(Cc2ccc(NC(=O)c3c(Cl)cncc3Cl)cc2)NC2=C(Br)C(=O)C23CCCCC3)C1. The smallest absolute Gasteiger partial charge is 0.329 e. The summed E-state index contributed by atoms with van der Waals surface area (Å²) in [4.78, 5) is 45.1. The minimum atomic E-state index is -0.671. The molecule has 2 aliphatic carbocycles. The van der Waals surface area contributed by atoms with Crippen molar-refractivity contribution < 1.29 is 19.1 Å². The van der Waals surface area contributed by atoms with E-state index in [9.17, 15) is 14.4 Å². The molecule has 1 saturated heterocycles. The molecule has 8 nitrogen and oxygen atoms in total. The van der Waals surface area contributed by atoms with E-state index in [2.05, 4.69) is 36.4 Å². The van der Waals surface area contributed by atoms with Crippen LogP contribution >= 0.6 is 39.1 Å². The zero-order valence-electron chi connectivity index (χ0n) is 22.1. The zero-order chi connectivity index (χ0) is 28.4. The van der Waals surface area contributed by atoms with Crippen LogP contribution in [0.4, 0.5) is 5.69 Å². The Kier molecular flexibility index (Phi) is 8.85. The monoisotopic (exact) mass is 648 g/mol. The first kappa shape index (κ1) is 29.0. The Hall–Kier alpha value is -2.46. The van der Waals surface area contributed by atoms with Crippen molar-refractivity contribution in [2.45, 2.75) is 57.1 Å². The number of aromatic nitrogens is 1. The molecule has 11 heteroatoms. The number of esters is 1. The van der Waals surface area contributed by atoms with Gasteiger partial charge in [0.15, 0.2) is 5.78 Å². The van der Waals surface area contributed by atoms with Gasteiger partial charge in [-0.25, -0.2) is 4.79 Å². The van der Waals surface area contributed by atoms with Gasteiger partial charge in [0.2, 0.25) is 0 Å². The average Bonchev–Trinajstić information content (AvgIpc) is 3.35. The van der Waals surface area contributed by atoms with Gasteiger partial charge in [-0.2, -0.15) is 0 Å². The molecule has 5 rings (SSSR count). The molecular weight excluding hydrogens is 619 g/mol. The van der Waals surface area contributed by atoms with Crippen LogP contribution in [0.15, 0.2) is 46.8 Å². The fraction of sp³-hybridized carbons (Fsp3) is 0.448. The van der Waals surface area contributed by atoms with Crippen LogP contribution < -0.4 is 10.6 Å². The average molecular weight is 650 g/mol. The molecule has 2 atom stereocenters. The first-order valence-corrected chi connectivity index (χ1v) is 15.0. The third-order valence-electron chi connectivity index (χ3n) is 8.01. The lowest BCUT2D eigenvalue weighted by atomic mass is 9.62. The number of carbonyl (C=O) groups is 3. The van der Waals surface area contributed by atoms with Crippen molar-refractivity contribution in [3.05, 3.63) is 68.0 Å². The number of nitrogens with one attached hydrogen (secondary N) is 2. The minimum Gasteiger partial charge on any atom is -0.459 e. The number of benzene rings is 1. The van der Waals surface area contributed by atoms with Crippen LogP contribution in [-0.2, 0) is 20.7 Å². The van der Waals surface area contributed by atoms with E-state index in [1.165, 1.54) is 12.4 Å². The summed E-state index contributed by atoms with van der Waals surface area (Å²) in [5.74, 6) is -0.662. The number of hydrogen-bond donors (Lipinski definition) is 2. The number of nitrogens with zero attached hydrogens (tertiary/aromatic N) is 2. The van der Waals surface area contributed by atoms with Gasteiger partial charge in [-0.05, 0) is 59.9 Å². The van der Waals surface area contributed by atoms with Crippen molar-refractivity contribution in [2.24, 2.45) is 5.41 Å². The second-order valence-corrected chi connectivity index (χ2v) is 12.4. The Morgan fingerprint density at radius 3 is 2.45 bits per heavy atom. The normalized spacial score (nSPS) is 21.2. The molecule has 2 N–H and O–H groups in total. The second kappa shape index (κ2) is 12.2. The number of likely N-dealkylation sites (N-methyl/N-ethyl adjacent to an activating group) is 1. The fourth-order valence-electron chi connectivity index (χ4n) is 5.81. The van der Waals surface area contributed by atoms with Crippen LogP contribution in [0.3, 0.4) is 0 Å². The van der Waals surface area contributed by atoms with Crippen molar-refractivity contribution in [1.29, 1.82) is 0 Å². The van der Waals surface area contributed by atoms with Gasteiger partial charge in [0.25, 0.3) is 5.91 Å². The Morgan fingerprint density at radius 2 is 1.82 bits per heavy atom. The van der Waals surface area contributed by atoms with Crippen molar-refractivity contribution in [3.63, 3.8) is 0 Å². The summed E-state index contributed by atoms with van der Waals surface area (Å²) in [5, 5.41) is 6.54. The number of anilines is 1. The molecule has 212 valence electrons. The molecule has 0 bridgehead atoms. The summed E-state index contributed by atoms with van der Waals surface area (Å²) >= 11 is 15.7. The lowest BCUT2D eigenvalue weighted by Crippen LogP contribution is -2.54. The number of halogens is 3. The maximum atomic E-state index is 13.5. The number of pyridine rings is 1. The number of amides is 1. The van der Waals surface area contributed by atoms with Crippen LogP contribution in [0.1, 0.15) is 54.4 Å². The number of ketones is 1. The highest BCUT2D eigenvalue weighted by Gasteiger charge is 2.54.